The molecule has 0 bridgehead atoms. The molecule has 1 aromatic carbocycles. The van der Waals surface area contributed by atoms with Crippen molar-refractivity contribution in [2.45, 2.75) is 6.92 Å². The molecule has 0 radical (unpaired) electrons. The van der Waals surface area contributed by atoms with Crippen LogP contribution in [0.25, 0.3) is 6.08 Å². The summed E-state index contributed by atoms with van der Waals surface area (Å²) in [6, 6.07) is 5.06. The van der Waals surface area contributed by atoms with Crippen LogP contribution in [-0.4, -0.2) is 30.9 Å². The van der Waals surface area contributed by atoms with Crippen LogP contribution in [0.4, 0.5) is 0 Å². The summed E-state index contributed by atoms with van der Waals surface area (Å²) in [5.41, 5.74) is 0.503. The van der Waals surface area contributed by atoms with Crippen LogP contribution in [0, 0.1) is 0 Å². The number of carbonyl (C=O) groups excluding carboxylic acids is 1. The van der Waals surface area contributed by atoms with Crippen LogP contribution in [0.5, 0.6) is 0 Å². The van der Waals surface area contributed by atoms with Gasteiger partial charge in [0, 0.05) is 28.4 Å². The van der Waals surface area contributed by atoms with Gasteiger partial charge in [0.15, 0.2) is 0 Å². The molecule has 112 valence electrons. The molecule has 0 unspecified atom stereocenters. The number of benzene rings is 1. The third-order valence-electron chi connectivity index (χ3n) is 2.49. The number of aliphatic imine (C=N–C) groups is 1. The molecule has 0 spiro atoms. The van der Waals surface area contributed by atoms with E-state index in [1.807, 2.05) is 6.92 Å². The Kier molecular flexibility index (Phi) is 6.99. The fraction of sp³-hybridized carbons (Fsp3) is 0.200. The Morgan fingerprint density at radius 1 is 1.38 bits per heavy atom. The van der Waals surface area contributed by atoms with Crippen molar-refractivity contribution in [2.24, 2.45) is 4.99 Å². The van der Waals surface area contributed by atoms with Crippen LogP contribution in [0.15, 0.2) is 40.6 Å². The molecule has 1 aromatic rings. The number of aliphatic hydroxyl groups excluding tert-OH is 1. The third kappa shape index (κ3) is 4.92. The van der Waals surface area contributed by atoms with Gasteiger partial charge in [0.05, 0.1) is 7.11 Å². The molecular formula is C15H15Cl2NO3. The second kappa shape index (κ2) is 8.49. The monoisotopic (exact) mass is 327 g/mol. The van der Waals surface area contributed by atoms with Crippen LogP contribution < -0.4 is 0 Å². The summed E-state index contributed by atoms with van der Waals surface area (Å²) >= 11 is 12.0. The van der Waals surface area contributed by atoms with Gasteiger partial charge in [-0.1, -0.05) is 29.3 Å². The smallest absolute Gasteiger partial charge is 0.343 e. The molecule has 0 aliphatic rings. The molecule has 4 nitrogen and oxygen atoms in total. The Labute approximate surface area is 133 Å². The first-order valence-electron chi connectivity index (χ1n) is 6.14. The highest BCUT2D eigenvalue weighted by Crippen LogP contribution is 2.25. The Balaban J connectivity index is 3.17. The van der Waals surface area contributed by atoms with E-state index in [1.165, 1.54) is 25.5 Å². The van der Waals surface area contributed by atoms with Crippen molar-refractivity contribution >= 4 is 41.5 Å². The van der Waals surface area contributed by atoms with Crippen LogP contribution in [-0.2, 0) is 9.53 Å². The van der Waals surface area contributed by atoms with E-state index in [9.17, 15) is 9.90 Å². The maximum absolute atomic E-state index is 11.6. The van der Waals surface area contributed by atoms with Gasteiger partial charge in [-0.05, 0) is 31.2 Å². The standard InChI is InChI=1S/C15H15Cl2NO3/c1-3-18-9-11(15(20)21-2)14(19)8-7-10-12(16)5-4-6-13(10)17/h4-9,19H,3H2,1-2H3/b8-7+,14-11?,18-9?. The Bertz CT molecular complexity index is 587. The zero-order valence-corrected chi connectivity index (χ0v) is 13.1. The van der Waals surface area contributed by atoms with Gasteiger partial charge < -0.3 is 9.84 Å². The summed E-state index contributed by atoms with van der Waals surface area (Å²) in [5, 5.41) is 10.9. The molecule has 0 aromatic heterocycles. The molecule has 0 saturated carbocycles. The summed E-state index contributed by atoms with van der Waals surface area (Å²) in [6.07, 6.45) is 4.10. The van der Waals surface area contributed by atoms with E-state index in [0.29, 0.717) is 22.2 Å². The Hall–Kier alpha value is -1.78. The number of ether oxygens (including phenoxy) is 1. The lowest BCUT2D eigenvalue weighted by atomic mass is 10.1. The van der Waals surface area contributed by atoms with Crippen molar-refractivity contribution in [3.05, 3.63) is 51.2 Å². The second-order valence-electron chi connectivity index (χ2n) is 3.89. The van der Waals surface area contributed by atoms with Crippen molar-refractivity contribution < 1.29 is 14.6 Å². The van der Waals surface area contributed by atoms with Crippen molar-refractivity contribution in [2.75, 3.05) is 13.7 Å². The average Bonchev–Trinajstić information content (AvgIpc) is 2.46. The molecule has 0 aliphatic heterocycles. The normalized spacial score (nSPS) is 12.8. The van der Waals surface area contributed by atoms with Crippen molar-refractivity contribution in [1.29, 1.82) is 0 Å². The highest BCUT2D eigenvalue weighted by atomic mass is 35.5. The first kappa shape index (κ1) is 17.3. The minimum atomic E-state index is -0.681. The number of rotatable bonds is 5. The lowest BCUT2D eigenvalue weighted by Gasteiger charge is -2.03. The fourth-order valence-corrected chi connectivity index (χ4v) is 1.96. The van der Waals surface area contributed by atoms with Gasteiger partial charge in [0.2, 0.25) is 0 Å². The summed E-state index contributed by atoms with van der Waals surface area (Å²) in [4.78, 5) is 15.5. The molecule has 0 amide bonds. The molecule has 0 fully saturated rings. The number of nitrogens with zero attached hydrogens (tertiary/aromatic N) is 1. The quantitative estimate of drug-likeness (QED) is 0.291. The zero-order valence-electron chi connectivity index (χ0n) is 11.6. The molecule has 21 heavy (non-hydrogen) atoms. The van der Waals surface area contributed by atoms with Crippen LogP contribution >= 0.6 is 23.2 Å². The van der Waals surface area contributed by atoms with Gasteiger partial charge in [-0.25, -0.2) is 4.79 Å². The summed E-state index contributed by atoms with van der Waals surface area (Å²) < 4.78 is 4.60. The lowest BCUT2D eigenvalue weighted by molar-refractivity contribution is -0.135. The van der Waals surface area contributed by atoms with E-state index >= 15 is 0 Å². The topological polar surface area (TPSA) is 58.9 Å². The predicted molar refractivity (Wildman–Crippen MR) is 86.2 cm³/mol. The maximum Gasteiger partial charge on any atom is 0.343 e. The van der Waals surface area contributed by atoms with Crippen LogP contribution in [0.3, 0.4) is 0 Å². The van der Waals surface area contributed by atoms with Crippen LogP contribution in [0.2, 0.25) is 10.0 Å². The summed E-state index contributed by atoms with van der Waals surface area (Å²) in [7, 11) is 1.23. The SMILES string of the molecule is CCN=CC(C(=O)OC)=C(O)/C=C/c1c(Cl)cccc1Cl. The molecule has 0 heterocycles. The van der Waals surface area contributed by atoms with E-state index in [2.05, 4.69) is 9.73 Å². The number of hydrogen-bond donors (Lipinski definition) is 1. The van der Waals surface area contributed by atoms with Crippen molar-refractivity contribution in [1.82, 2.24) is 0 Å². The Morgan fingerprint density at radius 3 is 2.52 bits per heavy atom. The Morgan fingerprint density at radius 2 is 2.00 bits per heavy atom. The van der Waals surface area contributed by atoms with Gasteiger partial charge in [-0.15, -0.1) is 0 Å². The number of aliphatic hydroxyl groups is 1. The second-order valence-corrected chi connectivity index (χ2v) is 4.70. The minimum absolute atomic E-state index is 0.0428. The van der Waals surface area contributed by atoms with Crippen molar-refractivity contribution in [3.8, 4) is 0 Å². The van der Waals surface area contributed by atoms with E-state index in [0.717, 1.165) is 0 Å². The summed E-state index contributed by atoms with van der Waals surface area (Å²) in [6.45, 7) is 2.29. The number of methoxy groups -OCH3 is 1. The molecule has 6 heteroatoms. The van der Waals surface area contributed by atoms with E-state index in [1.54, 1.807) is 18.2 Å². The molecular weight excluding hydrogens is 313 g/mol. The first-order chi connectivity index (χ1) is 10.0. The molecule has 1 rings (SSSR count). The molecule has 0 aliphatic carbocycles. The largest absolute Gasteiger partial charge is 0.507 e. The first-order valence-corrected chi connectivity index (χ1v) is 6.90. The van der Waals surface area contributed by atoms with E-state index < -0.39 is 5.97 Å². The number of carbonyl (C=O) groups is 1. The van der Waals surface area contributed by atoms with Gasteiger partial charge in [0.1, 0.15) is 11.3 Å². The van der Waals surface area contributed by atoms with Crippen LogP contribution in [0.1, 0.15) is 12.5 Å². The third-order valence-corrected chi connectivity index (χ3v) is 3.15. The average molecular weight is 328 g/mol. The maximum atomic E-state index is 11.6. The number of hydrogen-bond acceptors (Lipinski definition) is 4. The van der Waals surface area contributed by atoms with Gasteiger partial charge in [-0.2, -0.15) is 0 Å². The fourth-order valence-electron chi connectivity index (χ4n) is 1.44. The van der Waals surface area contributed by atoms with E-state index in [-0.39, 0.29) is 11.3 Å². The summed E-state index contributed by atoms with van der Waals surface area (Å²) in [5.74, 6) is -0.963. The lowest BCUT2D eigenvalue weighted by Crippen LogP contribution is -2.08. The zero-order chi connectivity index (χ0) is 15.8. The molecule has 0 saturated heterocycles. The van der Waals surface area contributed by atoms with Crippen molar-refractivity contribution in [3.63, 3.8) is 0 Å². The minimum Gasteiger partial charge on any atom is -0.507 e. The number of esters is 1. The van der Waals surface area contributed by atoms with Gasteiger partial charge in [-0.3, -0.25) is 4.99 Å². The highest BCUT2D eigenvalue weighted by Gasteiger charge is 2.12. The van der Waals surface area contributed by atoms with E-state index in [4.69, 9.17) is 23.2 Å². The van der Waals surface area contributed by atoms with Gasteiger partial charge in [0.25, 0.3) is 0 Å². The number of halogens is 2. The predicted octanol–water partition coefficient (Wildman–Crippen LogP) is 4.08. The molecule has 0 atom stereocenters. The van der Waals surface area contributed by atoms with Gasteiger partial charge >= 0.3 is 5.97 Å². The number of allylic oxidation sites excluding steroid dienone is 1. The molecule has 1 N–H and O–H groups in total. The highest BCUT2D eigenvalue weighted by molar-refractivity contribution is 6.37.